The summed E-state index contributed by atoms with van der Waals surface area (Å²) < 4.78 is 14.7. The summed E-state index contributed by atoms with van der Waals surface area (Å²) in [6, 6.07) is 5.86. The quantitative estimate of drug-likeness (QED) is 0.913. The van der Waals surface area contributed by atoms with E-state index in [-0.39, 0.29) is 12.4 Å². The lowest BCUT2D eigenvalue weighted by Gasteiger charge is -2.14. The van der Waals surface area contributed by atoms with E-state index in [0.717, 1.165) is 10.3 Å². The molecule has 0 aliphatic rings. The van der Waals surface area contributed by atoms with E-state index in [2.05, 4.69) is 0 Å². The number of carboxylic acids is 1. The molecule has 0 saturated carbocycles. The number of likely N-dealkylation sites (N-methyl/N-ethyl adjacent to an activating group) is 1. The number of hydrogen-bond donors (Lipinski definition) is 1. The minimum Gasteiger partial charge on any atom is -0.480 e. The van der Waals surface area contributed by atoms with Gasteiger partial charge in [0.15, 0.2) is 0 Å². The molecule has 0 unspecified atom stereocenters. The number of carbonyl (C=O) groups is 2. The standard InChI is InChI=1S/C13H13FN2O3/c1-15(7-12(17)18)13(19)11-5-8-3-4-9(14)6-10(8)16(11)2/h3-6H,7H2,1-2H3,(H,17,18). The summed E-state index contributed by atoms with van der Waals surface area (Å²) in [7, 11) is 3.05. The van der Waals surface area contributed by atoms with Crippen LogP contribution in [0.2, 0.25) is 0 Å². The number of hydrogen-bond acceptors (Lipinski definition) is 2. The third kappa shape index (κ3) is 2.42. The van der Waals surface area contributed by atoms with E-state index in [1.807, 2.05) is 0 Å². The van der Waals surface area contributed by atoms with Crippen LogP contribution in [0.3, 0.4) is 0 Å². The van der Waals surface area contributed by atoms with Crippen LogP contribution < -0.4 is 0 Å². The molecule has 0 aliphatic carbocycles. The van der Waals surface area contributed by atoms with Crippen LogP contribution >= 0.6 is 0 Å². The molecule has 0 bridgehead atoms. The minimum atomic E-state index is -1.08. The number of halogens is 1. The van der Waals surface area contributed by atoms with Crippen molar-refractivity contribution in [2.24, 2.45) is 7.05 Å². The molecule has 1 amide bonds. The van der Waals surface area contributed by atoms with Gasteiger partial charge in [-0.1, -0.05) is 0 Å². The number of rotatable bonds is 3. The largest absolute Gasteiger partial charge is 0.480 e. The number of amides is 1. The average molecular weight is 264 g/mol. The predicted molar refractivity (Wildman–Crippen MR) is 67.5 cm³/mol. The minimum absolute atomic E-state index is 0.323. The van der Waals surface area contributed by atoms with E-state index in [1.165, 1.54) is 19.2 Å². The molecule has 19 heavy (non-hydrogen) atoms. The molecule has 2 aromatic rings. The maximum Gasteiger partial charge on any atom is 0.323 e. The zero-order valence-electron chi connectivity index (χ0n) is 10.6. The molecule has 6 heteroatoms. The van der Waals surface area contributed by atoms with Gasteiger partial charge in [0.25, 0.3) is 5.91 Å². The van der Waals surface area contributed by atoms with Crippen LogP contribution in [0.4, 0.5) is 4.39 Å². The Morgan fingerprint density at radius 1 is 1.37 bits per heavy atom. The molecular formula is C13H13FN2O3. The first kappa shape index (κ1) is 13.1. The zero-order valence-corrected chi connectivity index (χ0v) is 10.6. The number of nitrogens with zero attached hydrogens (tertiary/aromatic N) is 2. The van der Waals surface area contributed by atoms with Gasteiger partial charge in [0, 0.05) is 19.5 Å². The van der Waals surface area contributed by atoms with Crippen molar-refractivity contribution < 1.29 is 19.1 Å². The third-order valence-electron chi connectivity index (χ3n) is 2.95. The predicted octanol–water partition coefficient (Wildman–Crippen LogP) is 1.47. The Balaban J connectivity index is 2.42. The van der Waals surface area contributed by atoms with Crippen LogP contribution in [-0.4, -0.2) is 40.0 Å². The van der Waals surface area contributed by atoms with Crippen molar-refractivity contribution in [1.82, 2.24) is 9.47 Å². The van der Waals surface area contributed by atoms with Crippen LogP contribution in [0, 0.1) is 5.82 Å². The highest BCUT2D eigenvalue weighted by Gasteiger charge is 2.19. The topological polar surface area (TPSA) is 62.5 Å². The number of aliphatic carboxylic acids is 1. The van der Waals surface area contributed by atoms with Crippen molar-refractivity contribution in [3.8, 4) is 0 Å². The summed E-state index contributed by atoms with van der Waals surface area (Å²) in [5, 5.41) is 9.41. The van der Waals surface area contributed by atoms with Crippen molar-refractivity contribution in [3.05, 3.63) is 35.8 Å². The number of aromatic nitrogens is 1. The van der Waals surface area contributed by atoms with E-state index in [4.69, 9.17) is 5.11 Å². The van der Waals surface area contributed by atoms with Gasteiger partial charge in [0.2, 0.25) is 0 Å². The van der Waals surface area contributed by atoms with Crippen LogP contribution in [0.15, 0.2) is 24.3 Å². The van der Waals surface area contributed by atoms with Gasteiger partial charge in [0.1, 0.15) is 18.1 Å². The van der Waals surface area contributed by atoms with E-state index >= 15 is 0 Å². The second kappa shape index (κ2) is 4.72. The molecule has 100 valence electrons. The zero-order chi connectivity index (χ0) is 14.2. The van der Waals surface area contributed by atoms with Gasteiger partial charge in [-0.2, -0.15) is 0 Å². The lowest BCUT2D eigenvalue weighted by atomic mass is 10.2. The van der Waals surface area contributed by atoms with Gasteiger partial charge in [-0.05, 0) is 24.3 Å². The lowest BCUT2D eigenvalue weighted by Crippen LogP contribution is -2.33. The van der Waals surface area contributed by atoms with Crippen molar-refractivity contribution in [1.29, 1.82) is 0 Å². The molecule has 0 saturated heterocycles. The van der Waals surface area contributed by atoms with Crippen LogP contribution in [0.25, 0.3) is 10.9 Å². The summed E-state index contributed by atoms with van der Waals surface area (Å²) >= 11 is 0. The Morgan fingerprint density at radius 2 is 2.05 bits per heavy atom. The number of benzene rings is 1. The van der Waals surface area contributed by atoms with E-state index < -0.39 is 11.9 Å². The Labute approximate surface area is 108 Å². The maximum absolute atomic E-state index is 13.2. The number of carboxylic acid groups (broad SMARTS) is 1. The van der Waals surface area contributed by atoms with Gasteiger partial charge < -0.3 is 14.6 Å². The third-order valence-corrected chi connectivity index (χ3v) is 2.95. The first-order valence-electron chi connectivity index (χ1n) is 5.62. The van der Waals surface area contributed by atoms with Gasteiger partial charge in [-0.15, -0.1) is 0 Å². The van der Waals surface area contributed by atoms with Crippen molar-refractivity contribution in [2.45, 2.75) is 0 Å². The van der Waals surface area contributed by atoms with E-state index in [9.17, 15) is 14.0 Å². The number of aryl methyl sites for hydroxylation is 1. The molecule has 0 radical (unpaired) electrons. The molecule has 0 aliphatic heterocycles. The second-order valence-corrected chi connectivity index (χ2v) is 4.35. The number of carbonyl (C=O) groups excluding carboxylic acids is 1. The Morgan fingerprint density at radius 3 is 2.68 bits per heavy atom. The fraction of sp³-hybridized carbons (Fsp3) is 0.231. The lowest BCUT2D eigenvalue weighted by molar-refractivity contribution is -0.137. The van der Waals surface area contributed by atoms with E-state index in [1.54, 1.807) is 23.7 Å². The summed E-state index contributed by atoms with van der Waals surface area (Å²) in [5.74, 6) is -1.88. The van der Waals surface area contributed by atoms with E-state index in [0.29, 0.717) is 11.2 Å². The second-order valence-electron chi connectivity index (χ2n) is 4.35. The Hall–Kier alpha value is -2.37. The highest BCUT2D eigenvalue weighted by atomic mass is 19.1. The molecule has 0 spiro atoms. The van der Waals surface area contributed by atoms with Gasteiger partial charge >= 0.3 is 5.97 Å². The molecule has 0 fully saturated rings. The van der Waals surface area contributed by atoms with Gasteiger partial charge in [0.05, 0.1) is 5.52 Å². The molecular weight excluding hydrogens is 251 g/mol. The smallest absolute Gasteiger partial charge is 0.323 e. The number of fused-ring (bicyclic) bond motifs is 1. The monoisotopic (exact) mass is 264 g/mol. The molecule has 1 heterocycles. The molecule has 1 aromatic carbocycles. The van der Waals surface area contributed by atoms with Crippen LogP contribution in [-0.2, 0) is 11.8 Å². The summed E-state index contributed by atoms with van der Waals surface area (Å²) in [6.45, 7) is -0.380. The average Bonchev–Trinajstić information content (AvgIpc) is 2.65. The Kier molecular flexibility index (Phi) is 3.25. The fourth-order valence-electron chi connectivity index (χ4n) is 1.98. The highest BCUT2D eigenvalue weighted by molar-refractivity contribution is 5.99. The summed E-state index contributed by atoms with van der Waals surface area (Å²) in [5.41, 5.74) is 0.913. The first-order chi connectivity index (χ1) is 8.90. The molecule has 1 aromatic heterocycles. The highest BCUT2D eigenvalue weighted by Crippen LogP contribution is 2.20. The van der Waals surface area contributed by atoms with Crippen molar-refractivity contribution in [3.63, 3.8) is 0 Å². The van der Waals surface area contributed by atoms with Crippen LogP contribution in [0.5, 0.6) is 0 Å². The van der Waals surface area contributed by atoms with Crippen molar-refractivity contribution >= 4 is 22.8 Å². The van der Waals surface area contributed by atoms with Crippen LogP contribution in [0.1, 0.15) is 10.5 Å². The molecule has 5 nitrogen and oxygen atoms in total. The fourth-order valence-corrected chi connectivity index (χ4v) is 1.98. The van der Waals surface area contributed by atoms with Gasteiger partial charge in [-0.3, -0.25) is 9.59 Å². The van der Waals surface area contributed by atoms with Crippen molar-refractivity contribution in [2.75, 3.05) is 13.6 Å². The Bertz CT molecular complexity index is 663. The first-order valence-corrected chi connectivity index (χ1v) is 5.62. The maximum atomic E-state index is 13.2. The van der Waals surface area contributed by atoms with Gasteiger partial charge in [-0.25, -0.2) is 4.39 Å². The molecule has 1 N–H and O–H groups in total. The SMILES string of the molecule is CN(CC(=O)O)C(=O)c1cc2ccc(F)cc2n1C. The summed E-state index contributed by atoms with van der Waals surface area (Å²) in [6.07, 6.45) is 0. The summed E-state index contributed by atoms with van der Waals surface area (Å²) in [4.78, 5) is 23.8. The molecule has 0 atom stereocenters. The normalized spacial score (nSPS) is 10.7. The molecule has 2 rings (SSSR count).